The normalized spacial score (nSPS) is 14.6. The van der Waals surface area contributed by atoms with Gasteiger partial charge in [0.1, 0.15) is 0 Å². The van der Waals surface area contributed by atoms with Gasteiger partial charge in [-0.05, 0) is 25.6 Å². The highest BCUT2D eigenvalue weighted by molar-refractivity contribution is 7.80. The first-order chi connectivity index (χ1) is 5.00. The van der Waals surface area contributed by atoms with Gasteiger partial charge in [-0.2, -0.15) is 0 Å². The van der Waals surface area contributed by atoms with Gasteiger partial charge < -0.3 is 17.0 Å². The van der Waals surface area contributed by atoms with Crippen LogP contribution in [0.4, 0.5) is 0 Å². The number of nitrogens with two attached hydrogens (primary N) is 1. The van der Waals surface area contributed by atoms with Gasteiger partial charge in [-0.25, -0.2) is 0 Å². The van der Waals surface area contributed by atoms with Gasteiger partial charge in [0.2, 0.25) is 0 Å². The quantitative estimate of drug-likeness (QED) is 0.461. The topological polar surface area (TPSA) is 81.2 Å². The lowest BCUT2D eigenvalue weighted by molar-refractivity contribution is 0.436. The molecular weight excluding hydrogens is 172 g/mol. The minimum atomic E-state index is -0.662. The average Bonchev–Trinajstić information content (AvgIpc) is 1.88. The van der Waals surface area contributed by atoms with Crippen molar-refractivity contribution in [2.45, 2.75) is 45.1 Å². The minimum absolute atomic E-state index is 0. The fourth-order valence-corrected chi connectivity index (χ4v) is 0.951. The molecule has 4 heteroatoms. The van der Waals surface area contributed by atoms with Crippen LogP contribution in [0.2, 0.25) is 0 Å². The minimum Gasteiger partial charge on any atom is -0.501 e. The molecule has 0 aliphatic rings. The molecule has 1 unspecified atom stereocenters. The predicted octanol–water partition coefficient (Wildman–Crippen LogP) is 2.33. The monoisotopic (exact) mass is 192 g/mol. The molecule has 0 heterocycles. The SMILES string of the molecule is CCCCCC(C)(N)C(O)=S.N. The molecule has 74 valence electrons. The van der Waals surface area contributed by atoms with Crippen molar-refractivity contribution in [1.29, 1.82) is 0 Å². The van der Waals surface area contributed by atoms with Crippen LogP contribution in [-0.4, -0.2) is 15.7 Å². The number of unbranched alkanes of at least 4 members (excludes halogenated alkanes) is 2. The highest BCUT2D eigenvalue weighted by Crippen LogP contribution is 2.12. The zero-order chi connectivity index (χ0) is 8.91. The van der Waals surface area contributed by atoms with Crippen LogP contribution in [0.1, 0.15) is 39.5 Å². The molecule has 0 saturated carbocycles. The molecular formula is C8H20N2OS. The second-order valence-corrected chi connectivity index (χ2v) is 3.57. The summed E-state index contributed by atoms with van der Waals surface area (Å²) in [7, 11) is 0. The Morgan fingerprint density at radius 2 is 2.00 bits per heavy atom. The Balaban J connectivity index is 0. The summed E-state index contributed by atoms with van der Waals surface area (Å²) in [4.78, 5) is 0. The Morgan fingerprint density at radius 3 is 2.33 bits per heavy atom. The van der Waals surface area contributed by atoms with E-state index in [1.165, 1.54) is 0 Å². The van der Waals surface area contributed by atoms with Crippen LogP contribution in [0, 0.1) is 0 Å². The lowest BCUT2D eigenvalue weighted by atomic mass is 9.97. The first-order valence-electron chi connectivity index (χ1n) is 4.03. The Labute approximate surface area is 79.9 Å². The second-order valence-electron chi connectivity index (χ2n) is 3.18. The fraction of sp³-hybridized carbons (Fsp3) is 0.875. The Morgan fingerprint density at radius 1 is 1.50 bits per heavy atom. The summed E-state index contributed by atoms with van der Waals surface area (Å²) < 4.78 is 0. The lowest BCUT2D eigenvalue weighted by Gasteiger charge is -2.21. The van der Waals surface area contributed by atoms with Crippen molar-refractivity contribution in [3.05, 3.63) is 0 Å². The van der Waals surface area contributed by atoms with E-state index in [2.05, 4.69) is 19.1 Å². The molecule has 0 saturated heterocycles. The van der Waals surface area contributed by atoms with Crippen LogP contribution >= 0.6 is 12.2 Å². The molecule has 0 bridgehead atoms. The molecule has 0 aromatic heterocycles. The maximum Gasteiger partial charge on any atom is 0.176 e. The van der Waals surface area contributed by atoms with Crippen LogP contribution in [-0.2, 0) is 0 Å². The number of aliphatic hydroxyl groups is 1. The van der Waals surface area contributed by atoms with Gasteiger partial charge in [0.15, 0.2) is 5.05 Å². The van der Waals surface area contributed by atoms with Crippen molar-refractivity contribution in [2.24, 2.45) is 5.73 Å². The van der Waals surface area contributed by atoms with E-state index < -0.39 is 5.54 Å². The number of thiocarbonyl (C=S) groups is 1. The highest BCUT2D eigenvalue weighted by Gasteiger charge is 2.22. The first-order valence-corrected chi connectivity index (χ1v) is 4.44. The van der Waals surface area contributed by atoms with Crippen molar-refractivity contribution in [3.63, 3.8) is 0 Å². The lowest BCUT2D eigenvalue weighted by Crippen LogP contribution is -2.43. The summed E-state index contributed by atoms with van der Waals surface area (Å²) in [5.74, 6) is 0. The maximum absolute atomic E-state index is 8.99. The summed E-state index contributed by atoms with van der Waals surface area (Å²) in [6, 6.07) is 0. The van der Waals surface area contributed by atoms with E-state index in [1.807, 2.05) is 0 Å². The number of rotatable bonds is 5. The third-order valence-electron chi connectivity index (χ3n) is 1.79. The van der Waals surface area contributed by atoms with E-state index in [4.69, 9.17) is 10.8 Å². The molecule has 1 atom stereocenters. The summed E-state index contributed by atoms with van der Waals surface area (Å²) in [6.07, 6.45) is 4.12. The van der Waals surface area contributed by atoms with Crippen molar-refractivity contribution in [2.75, 3.05) is 0 Å². The van der Waals surface area contributed by atoms with Crippen LogP contribution in [0.25, 0.3) is 0 Å². The molecule has 0 aromatic carbocycles. The number of hydrogen-bond acceptors (Lipinski definition) is 3. The first kappa shape index (κ1) is 14.3. The molecule has 0 rings (SSSR count). The highest BCUT2D eigenvalue weighted by atomic mass is 32.1. The van der Waals surface area contributed by atoms with Gasteiger partial charge in [-0.15, -0.1) is 0 Å². The van der Waals surface area contributed by atoms with Crippen LogP contribution in [0.3, 0.4) is 0 Å². The molecule has 0 aliphatic heterocycles. The molecule has 12 heavy (non-hydrogen) atoms. The molecule has 0 aromatic rings. The average molecular weight is 192 g/mol. The zero-order valence-corrected chi connectivity index (χ0v) is 8.78. The summed E-state index contributed by atoms with van der Waals surface area (Å²) >= 11 is 4.61. The predicted molar refractivity (Wildman–Crippen MR) is 57.0 cm³/mol. The van der Waals surface area contributed by atoms with Gasteiger partial charge in [0, 0.05) is 0 Å². The largest absolute Gasteiger partial charge is 0.501 e. The zero-order valence-electron chi connectivity index (χ0n) is 7.97. The van der Waals surface area contributed by atoms with Crippen LogP contribution < -0.4 is 11.9 Å². The van der Waals surface area contributed by atoms with Gasteiger partial charge in [-0.3, -0.25) is 0 Å². The molecule has 3 nitrogen and oxygen atoms in total. The molecule has 0 fully saturated rings. The standard InChI is InChI=1S/C8H17NOS.H3N/c1-3-4-5-6-8(2,9)7(10)11;/h3-6,9H2,1-2H3,(H,10,11);1H3. The van der Waals surface area contributed by atoms with Gasteiger partial charge in [-0.1, -0.05) is 26.2 Å². The van der Waals surface area contributed by atoms with E-state index in [0.29, 0.717) is 0 Å². The fourth-order valence-electron chi connectivity index (χ4n) is 0.849. The van der Waals surface area contributed by atoms with Crippen LogP contribution in [0.5, 0.6) is 0 Å². The van der Waals surface area contributed by atoms with E-state index in [-0.39, 0.29) is 11.2 Å². The Bertz CT molecular complexity index is 137. The maximum atomic E-state index is 8.99. The van der Waals surface area contributed by atoms with E-state index in [9.17, 15) is 0 Å². The number of hydrogen-bond donors (Lipinski definition) is 3. The molecule has 0 aliphatic carbocycles. The molecule has 0 spiro atoms. The van der Waals surface area contributed by atoms with E-state index in [1.54, 1.807) is 6.92 Å². The van der Waals surface area contributed by atoms with Crippen molar-refractivity contribution >= 4 is 17.3 Å². The van der Waals surface area contributed by atoms with E-state index >= 15 is 0 Å². The van der Waals surface area contributed by atoms with Gasteiger partial charge in [0.05, 0.1) is 5.54 Å². The van der Waals surface area contributed by atoms with Crippen molar-refractivity contribution < 1.29 is 5.11 Å². The van der Waals surface area contributed by atoms with Crippen molar-refractivity contribution in [3.8, 4) is 0 Å². The third-order valence-corrected chi connectivity index (χ3v) is 2.25. The van der Waals surface area contributed by atoms with Gasteiger partial charge in [0.25, 0.3) is 0 Å². The smallest absolute Gasteiger partial charge is 0.176 e. The molecule has 6 N–H and O–H groups in total. The third kappa shape index (κ3) is 5.46. The summed E-state index contributed by atoms with van der Waals surface area (Å²) in [6.45, 7) is 3.90. The van der Waals surface area contributed by atoms with Crippen LogP contribution in [0.15, 0.2) is 0 Å². The van der Waals surface area contributed by atoms with Crippen molar-refractivity contribution in [1.82, 2.24) is 6.15 Å². The Hall–Kier alpha value is -0.190. The summed E-state index contributed by atoms with van der Waals surface area (Å²) in [5.41, 5.74) is 5.05. The van der Waals surface area contributed by atoms with Gasteiger partial charge >= 0.3 is 0 Å². The molecule has 0 radical (unpaired) electrons. The van der Waals surface area contributed by atoms with E-state index in [0.717, 1.165) is 25.7 Å². The summed E-state index contributed by atoms with van der Waals surface area (Å²) in [5, 5.41) is 8.91. The number of aliphatic hydroxyl groups excluding tert-OH is 1. The second kappa shape index (κ2) is 6.34. The molecule has 0 amide bonds. The Kier molecular flexibility index (Phi) is 7.58.